The number of likely N-dealkylation sites (tertiary alicyclic amines) is 1. The quantitative estimate of drug-likeness (QED) is 0.873. The fourth-order valence-electron chi connectivity index (χ4n) is 2.23. The molecule has 1 aliphatic rings. The Morgan fingerprint density at radius 2 is 2.39 bits per heavy atom. The van der Waals surface area contributed by atoms with E-state index in [-0.39, 0.29) is 24.0 Å². The SMILES string of the molecule is Cc1ncoc1C(=O)N1CCC(CCC(=O)O)C1. The summed E-state index contributed by atoms with van der Waals surface area (Å²) in [5, 5.41) is 8.63. The summed E-state index contributed by atoms with van der Waals surface area (Å²) in [5.74, 6) is -0.379. The number of carbonyl (C=O) groups excluding carboxylic acids is 1. The summed E-state index contributed by atoms with van der Waals surface area (Å²) in [7, 11) is 0. The fourth-order valence-corrected chi connectivity index (χ4v) is 2.23. The molecule has 1 aromatic heterocycles. The van der Waals surface area contributed by atoms with Crippen LogP contribution in [-0.2, 0) is 4.79 Å². The number of hydrogen-bond acceptors (Lipinski definition) is 4. The molecule has 0 bridgehead atoms. The van der Waals surface area contributed by atoms with Crippen molar-refractivity contribution in [1.29, 1.82) is 0 Å². The second kappa shape index (κ2) is 5.20. The number of aliphatic carboxylic acids is 1. The molecule has 1 unspecified atom stereocenters. The van der Waals surface area contributed by atoms with Crippen molar-refractivity contribution in [2.24, 2.45) is 5.92 Å². The van der Waals surface area contributed by atoms with Crippen LogP contribution in [0, 0.1) is 12.8 Å². The number of nitrogens with zero attached hydrogens (tertiary/aromatic N) is 2. The van der Waals surface area contributed by atoms with Crippen LogP contribution in [-0.4, -0.2) is 40.0 Å². The molecule has 6 nitrogen and oxygen atoms in total. The van der Waals surface area contributed by atoms with Crippen molar-refractivity contribution in [2.75, 3.05) is 13.1 Å². The van der Waals surface area contributed by atoms with E-state index in [2.05, 4.69) is 4.98 Å². The molecule has 1 atom stereocenters. The van der Waals surface area contributed by atoms with Crippen molar-refractivity contribution < 1.29 is 19.1 Å². The van der Waals surface area contributed by atoms with Crippen LogP contribution in [0.3, 0.4) is 0 Å². The second-order valence-corrected chi connectivity index (χ2v) is 4.61. The summed E-state index contributed by atoms with van der Waals surface area (Å²) in [4.78, 5) is 28.2. The first kappa shape index (κ1) is 12.6. The monoisotopic (exact) mass is 252 g/mol. The van der Waals surface area contributed by atoms with Crippen molar-refractivity contribution in [3.63, 3.8) is 0 Å². The first-order valence-electron chi connectivity index (χ1n) is 5.99. The van der Waals surface area contributed by atoms with Crippen LogP contribution in [0.25, 0.3) is 0 Å². The molecular weight excluding hydrogens is 236 g/mol. The molecule has 1 N–H and O–H groups in total. The van der Waals surface area contributed by atoms with Gasteiger partial charge in [0.2, 0.25) is 5.76 Å². The molecule has 1 aromatic rings. The third-order valence-electron chi connectivity index (χ3n) is 3.28. The van der Waals surface area contributed by atoms with Gasteiger partial charge in [0, 0.05) is 19.5 Å². The largest absolute Gasteiger partial charge is 0.481 e. The van der Waals surface area contributed by atoms with Crippen LogP contribution in [0.4, 0.5) is 0 Å². The minimum Gasteiger partial charge on any atom is -0.481 e. The predicted molar refractivity (Wildman–Crippen MR) is 62.1 cm³/mol. The van der Waals surface area contributed by atoms with Gasteiger partial charge in [-0.3, -0.25) is 9.59 Å². The summed E-state index contributed by atoms with van der Waals surface area (Å²) >= 11 is 0. The molecule has 1 amide bonds. The van der Waals surface area contributed by atoms with Crippen LogP contribution in [0.1, 0.15) is 35.5 Å². The highest BCUT2D eigenvalue weighted by atomic mass is 16.4. The van der Waals surface area contributed by atoms with Gasteiger partial charge >= 0.3 is 5.97 Å². The predicted octanol–water partition coefficient (Wildman–Crippen LogP) is 1.31. The molecule has 98 valence electrons. The van der Waals surface area contributed by atoms with Crippen molar-refractivity contribution in [1.82, 2.24) is 9.88 Å². The molecular formula is C12H16N2O4. The minimum absolute atomic E-state index is 0.150. The van der Waals surface area contributed by atoms with Gasteiger partial charge in [-0.05, 0) is 25.7 Å². The number of amides is 1. The van der Waals surface area contributed by atoms with Crippen molar-refractivity contribution in [2.45, 2.75) is 26.2 Å². The number of aryl methyl sites for hydroxylation is 1. The lowest BCUT2D eigenvalue weighted by Crippen LogP contribution is -2.29. The Labute approximate surface area is 105 Å². The molecule has 6 heteroatoms. The maximum absolute atomic E-state index is 12.1. The second-order valence-electron chi connectivity index (χ2n) is 4.61. The lowest BCUT2D eigenvalue weighted by Gasteiger charge is -2.14. The van der Waals surface area contributed by atoms with Crippen molar-refractivity contribution in [3.8, 4) is 0 Å². The molecule has 2 heterocycles. The van der Waals surface area contributed by atoms with E-state index < -0.39 is 5.97 Å². The number of carboxylic acid groups (broad SMARTS) is 1. The molecule has 0 aliphatic carbocycles. The summed E-state index contributed by atoms with van der Waals surface area (Å²) in [5.41, 5.74) is 0.592. The smallest absolute Gasteiger partial charge is 0.303 e. The van der Waals surface area contributed by atoms with Gasteiger partial charge in [0.25, 0.3) is 5.91 Å². The molecule has 0 saturated carbocycles. The minimum atomic E-state index is -0.786. The Hall–Kier alpha value is -1.85. The molecule has 18 heavy (non-hydrogen) atoms. The van der Waals surface area contributed by atoms with E-state index in [4.69, 9.17) is 9.52 Å². The van der Waals surface area contributed by atoms with Gasteiger partial charge < -0.3 is 14.4 Å². The Bertz CT molecular complexity index is 455. The molecule has 1 aliphatic heterocycles. The Morgan fingerprint density at radius 1 is 1.61 bits per heavy atom. The Balaban J connectivity index is 1.91. The van der Waals surface area contributed by atoms with Crippen LogP contribution < -0.4 is 0 Å². The molecule has 0 aromatic carbocycles. The van der Waals surface area contributed by atoms with Crippen molar-refractivity contribution >= 4 is 11.9 Å². The standard InChI is InChI=1S/C12H16N2O4/c1-8-11(18-7-13-8)12(17)14-5-4-9(6-14)2-3-10(15)16/h7,9H,2-6H2,1H3,(H,15,16). The zero-order valence-electron chi connectivity index (χ0n) is 10.3. The third kappa shape index (κ3) is 2.69. The first-order chi connectivity index (χ1) is 8.58. The van der Waals surface area contributed by atoms with Gasteiger partial charge in [-0.15, -0.1) is 0 Å². The lowest BCUT2D eigenvalue weighted by molar-refractivity contribution is -0.137. The van der Waals surface area contributed by atoms with Gasteiger partial charge in [-0.1, -0.05) is 0 Å². The van der Waals surface area contributed by atoms with Crippen LogP contribution in [0.2, 0.25) is 0 Å². The van der Waals surface area contributed by atoms with Crippen molar-refractivity contribution in [3.05, 3.63) is 17.8 Å². The lowest BCUT2D eigenvalue weighted by atomic mass is 10.0. The van der Waals surface area contributed by atoms with Crippen LogP contribution in [0.5, 0.6) is 0 Å². The van der Waals surface area contributed by atoms with E-state index in [1.807, 2.05) is 0 Å². The maximum atomic E-state index is 12.1. The molecule has 0 spiro atoms. The van der Waals surface area contributed by atoms with Gasteiger partial charge in [0.1, 0.15) is 0 Å². The number of aromatic nitrogens is 1. The molecule has 1 fully saturated rings. The van der Waals surface area contributed by atoms with E-state index in [1.165, 1.54) is 6.39 Å². The fraction of sp³-hybridized carbons (Fsp3) is 0.583. The molecule has 2 rings (SSSR count). The summed E-state index contributed by atoms with van der Waals surface area (Å²) in [6.45, 7) is 2.99. The van der Waals surface area contributed by atoms with Gasteiger partial charge in [-0.25, -0.2) is 4.98 Å². The van der Waals surface area contributed by atoms with E-state index in [9.17, 15) is 9.59 Å². The number of hydrogen-bond donors (Lipinski definition) is 1. The molecule has 0 radical (unpaired) electrons. The topological polar surface area (TPSA) is 83.6 Å². The number of oxazole rings is 1. The zero-order valence-corrected chi connectivity index (χ0v) is 10.3. The number of carbonyl (C=O) groups is 2. The Kier molecular flexibility index (Phi) is 3.64. The highest BCUT2D eigenvalue weighted by Crippen LogP contribution is 2.23. The summed E-state index contributed by atoms with van der Waals surface area (Å²) in [6.07, 6.45) is 2.90. The van der Waals surface area contributed by atoms with E-state index in [0.29, 0.717) is 25.2 Å². The van der Waals surface area contributed by atoms with Gasteiger partial charge in [-0.2, -0.15) is 0 Å². The van der Waals surface area contributed by atoms with E-state index >= 15 is 0 Å². The summed E-state index contributed by atoms with van der Waals surface area (Å²) < 4.78 is 5.08. The highest BCUT2D eigenvalue weighted by molar-refractivity contribution is 5.92. The average Bonchev–Trinajstić information content (AvgIpc) is 2.94. The normalized spacial score (nSPS) is 19.2. The van der Waals surface area contributed by atoms with Gasteiger partial charge in [0.05, 0.1) is 5.69 Å². The molecule has 1 saturated heterocycles. The summed E-state index contributed by atoms with van der Waals surface area (Å²) in [6, 6.07) is 0. The maximum Gasteiger partial charge on any atom is 0.303 e. The zero-order chi connectivity index (χ0) is 13.1. The highest BCUT2D eigenvalue weighted by Gasteiger charge is 2.29. The Morgan fingerprint density at radius 3 is 3.00 bits per heavy atom. The number of rotatable bonds is 4. The average molecular weight is 252 g/mol. The first-order valence-corrected chi connectivity index (χ1v) is 5.99. The third-order valence-corrected chi connectivity index (χ3v) is 3.28. The van der Waals surface area contributed by atoms with Gasteiger partial charge in [0.15, 0.2) is 6.39 Å². The van der Waals surface area contributed by atoms with E-state index in [0.717, 1.165) is 6.42 Å². The van der Waals surface area contributed by atoms with Crippen LogP contribution in [0.15, 0.2) is 10.8 Å². The van der Waals surface area contributed by atoms with E-state index in [1.54, 1.807) is 11.8 Å². The van der Waals surface area contributed by atoms with Crippen LogP contribution >= 0.6 is 0 Å². The number of carboxylic acids is 1.